The highest BCUT2D eigenvalue weighted by Gasteiger charge is 2.30. The van der Waals surface area contributed by atoms with Crippen LogP contribution in [0, 0.1) is 6.92 Å². The maximum absolute atomic E-state index is 12.7. The Hall–Kier alpha value is -3.29. The first-order valence-electron chi connectivity index (χ1n) is 8.81. The average Bonchev–Trinajstić information content (AvgIpc) is 3.15. The number of nitrogens with zero attached hydrogens (tertiary/aromatic N) is 5. The fourth-order valence-corrected chi connectivity index (χ4v) is 3.22. The molecule has 8 nitrogen and oxygen atoms in total. The summed E-state index contributed by atoms with van der Waals surface area (Å²) in [6.45, 7) is 2.94. The van der Waals surface area contributed by atoms with Gasteiger partial charge in [0.2, 0.25) is 5.88 Å². The molecule has 1 saturated heterocycles. The van der Waals surface area contributed by atoms with Gasteiger partial charge in [0.25, 0.3) is 5.91 Å². The number of carbonyl (C=O) groups is 1. The Kier molecular flexibility index (Phi) is 4.78. The number of amides is 1. The Morgan fingerprint density at radius 3 is 2.96 bits per heavy atom. The maximum Gasteiger partial charge on any atom is 0.275 e. The van der Waals surface area contributed by atoms with Gasteiger partial charge < -0.3 is 14.1 Å². The van der Waals surface area contributed by atoms with E-state index in [4.69, 9.17) is 9.15 Å². The second-order valence-electron chi connectivity index (χ2n) is 6.38. The molecule has 138 valence electrons. The van der Waals surface area contributed by atoms with E-state index in [2.05, 4.69) is 19.9 Å². The topological polar surface area (TPSA) is 94.2 Å². The number of piperidine rings is 1. The number of ether oxygens (including phenoxy) is 1. The number of aryl methyl sites for hydroxylation is 1. The second-order valence-corrected chi connectivity index (χ2v) is 6.38. The summed E-state index contributed by atoms with van der Waals surface area (Å²) in [7, 11) is 0. The highest BCUT2D eigenvalue weighted by Crippen LogP contribution is 2.32. The van der Waals surface area contributed by atoms with Crippen LogP contribution >= 0.6 is 0 Å². The average molecular weight is 365 g/mol. The lowest BCUT2D eigenvalue weighted by Gasteiger charge is -2.32. The fourth-order valence-electron chi connectivity index (χ4n) is 3.22. The zero-order chi connectivity index (χ0) is 18.6. The molecule has 3 aromatic heterocycles. The van der Waals surface area contributed by atoms with Crippen molar-refractivity contribution in [2.24, 2.45) is 0 Å². The van der Waals surface area contributed by atoms with Gasteiger partial charge in [-0.05, 0) is 25.0 Å². The standard InChI is InChI=1S/C19H19N5O3/c1-13-23-16(12-26-13)19(25)24-9-3-4-14(11-24)17-18(22-8-7-21-17)27-15-5-2-6-20-10-15/h2,5-8,10,12,14H,3-4,9,11H2,1H3/t14-/m1/s1. The van der Waals surface area contributed by atoms with Gasteiger partial charge in [0.1, 0.15) is 17.7 Å². The van der Waals surface area contributed by atoms with Crippen LogP contribution in [0.4, 0.5) is 0 Å². The summed E-state index contributed by atoms with van der Waals surface area (Å²) in [5.74, 6) is 1.43. The summed E-state index contributed by atoms with van der Waals surface area (Å²) >= 11 is 0. The zero-order valence-corrected chi connectivity index (χ0v) is 14.9. The number of oxazole rings is 1. The van der Waals surface area contributed by atoms with Crippen LogP contribution in [-0.2, 0) is 0 Å². The summed E-state index contributed by atoms with van der Waals surface area (Å²) in [6.07, 6.45) is 9.73. The number of aromatic nitrogens is 4. The lowest BCUT2D eigenvalue weighted by atomic mass is 9.94. The first kappa shape index (κ1) is 17.1. The Morgan fingerprint density at radius 2 is 2.19 bits per heavy atom. The summed E-state index contributed by atoms with van der Waals surface area (Å²) in [5.41, 5.74) is 1.08. The molecule has 3 aromatic rings. The SMILES string of the molecule is Cc1nc(C(=O)N2CCC[C@@H](c3nccnc3Oc3cccnc3)C2)co1. The third kappa shape index (κ3) is 3.79. The van der Waals surface area contributed by atoms with Crippen molar-refractivity contribution in [1.82, 2.24) is 24.8 Å². The Labute approximate surface area is 156 Å². The lowest BCUT2D eigenvalue weighted by Crippen LogP contribution is -2.39. The molecule has 0 bridgehead atoms. The molecule has 1 aliphatic rings. The van der Waals surface area contributed by atoms with E-state index in [1.165, 1.54) is 6.26 Å². The molecule has 0 aromatic carbocycles. The quantitative estimate of drug-likeness (QED) is 0.701. The van der Waals surface area contributed by atoms with Gasteiger partial charge in [-0.1, -0.05) is 0 Å². The van der Waals surface area contributed by atoms with Crippen molar-refractivity contribution in [2.45, 2.75) is 25.7 Å². The van der Waals surface area contributed by atoms with Crippen LogP contribution in [-0.4, -0.2) is 43.8 Å². The number of hydrogen-bond acceptors (Lipinski definition) is 7. The van der Waals surface area contributed by atoms with Crippen molar-refractivity contribution >= 4 is 5.91 Å². The number of rotatable bonds is 4. The van der Waals surface area contributed by atoms with Crippen LogP contribution in [0.3, 0.4) is 0 Å². The smallest absolute Gasteiger partial charge is 0.275 e. The third-order valence-electron chi connectivity index (χ3n) is 4.47. The largest absolute Gasteiger partial charge is 0.448 e. The Morgan fingerprint density at radius 1 is 1.30 bits per heavy atom. The van der Waals surface area contributed by atoms with Crippen molar-refractivity contribution in [3.05, 3.63) is 60.5 Å². The van der Waals surface area contributed by atoms with E-state index in [9.17, 15) is 4.79 Å². The molecule has 0 N–H and O–H groups in total. The van der Waals surface area contributed by atoms with E-state index >= 15 is 0 Å². The molecule has 1 fully saturated rings. The minimum atomic E-state index is -0.129. The summed E-state index contributed by atoms with van der Waals surface area (Å²) in [4.78, 5) is 31.5. The molecule has 1 aliphatic heterocycles. The predicted molar refractivity (Wildman–Crippen MR) is 95.5 cm³/mol. The summed E-state index contributed by atoms with van der Waals surface area (Å²) in [6, 6.07) is 3.61. The van der Waals surface area contributed by atoms with Crippen molar-refractivity contribution in [2.75, 3.05) is 13.1 Å². The number of likely N-dealkylation sites (tertiary alicyclic amines) is 1. The van der Waals surface area contributed by atoms with Gasteiger partial charge in [-0.3, -0.25) is 14.8 Å². The van der Waals surface area contributed by atoms with E-state index in [1.807, 2.05) is 6.07 Å². The molecule has 0 radical (unpaired) electrons. The van der Waals surface area contributed by atoms with E-state index in [-0.39, 0.29) is 11.8 Å². The third-order valence-corrected chi connectivity index (χ3v) is 4.47. The molecule has 0 spiro atoms. The normalized spacial score (nSPS) is 16.9. The maximum atomic E-state index is 12.7. The highest BCUT2D eigenvalue weighted by atomic mass is 16.5. The molecule has 1 atom stereocenters. The van der Waals surface area contributed by atoms with E-state index < -0.39 is 0 Å². The molecule has 4 rings (SSSR count). The zero-order valence-electron chi connectivity index (χ0n) is 14.9. The van der Waals surface area contributed by atoms with Gasteiger partial charge in [-0.25, -0.2) is 9.97 Å². The molecule has 4 heterocycles. The van der Waals surface area contributed by atoms with E-state index in [0.29, 0.717) is 36.3 Å². The van der Waals surface area contributed by atoms with Gasteiger partial charge in [0, 0.05) is 44.5 Å². The van der Waals surface area contributed by atoms with E-state index in [0.717, 1.165) is 18.5 Å². The minimum absolute atomic E-state index is 0.0380. The predicted octanol–water partition coefficient (Wildman–Crippen LogP) is 2.98. The lowest BCUT2D eigenvalue weighted by molar-refractivity contribution is 0.0698. The molecule has 27 heavy (non-hydrogen) atoms. The molecular weight excluding hydrogens is 346 g/mol. The van der Waals surface area contributed by atoms with Crippen molar-refractivity contribution in [3.8, 4) is 11.6 Å². The second kappa shape index (κ2) is 7.53. The van der Waals surface area contributed by atoms with Crippen molar-refractivity contribution < 1.29 is 13.9 Å². The van der Waals surface area contributed by atoms with Gasteiger partial charge in [0.05, 0.1) is 6.20 Å². The Bertz CT molecular complexity index is 928. The van der Waals surface area contributed by atoms with Crippen molar-refractivity contribution in [3.63, 3.8) is 0 Å². The van der Waals surface area contributed by atoms with Crippen molar-refractivity contribution in [1.29, 1.82) is 0 Å². The summed E-state index contributed by atoms with van der Waals surface area (Å²) in [5, 5.41) is 0. The van der Waals surface area contributed by atoms with Crippen LogP contribution in [0.25, 0.3) is 0 Å². The van der Waals surface area contributed by atoms with E-state index in [1.54, 1.807) is 42.7 Å². The van der Waals surface area contributed by atoms with Crippen LogP contribution in [0.2, 0.25) is 0 Å². The van der Waals surface area contributed by atoms with Crippen LogP contribution < -0.4 is 4.74 Å². The molecule has 8 heteroatoms. The monoisotopic (exact) mass is 365 g/mol. The summed E-state index contributed by atoms with van der Waals surface area (Å²) < 4.78 is 11.0. The van der Waals surface area contributed by atoms with Gasteiger partial charge >= 0.3 is 0 Å². The number of hydrogen-bond donors (Lipinski definition) is 0. The van der Waals surface area contributed by atoms with Gasteiger partial charge in [0.15, 0.2) is 11.6 Å². The first-order valence-corrected chi connectivity index (χ1v) is 8.81. The molecule has 0 saturated carbocycles. The van der Waals surface area contributed by atoms with Crippen LogP contribution in [0.5, 0.6) is 11.6 Å². The number of carbonyl (C=O) groups excluding carboxylic acids is 1. The van der Waals surface area contributed by atoms with Crippen LogP contribution in [0.1, 0.15) is 40.8 Å². The fraction of sp³-hybridized carbons (Fsp3) is 0.316. The minimum Gasteiger partial charge on any atom is -0.448 e. The molecular formula is C19H19N5O3. The highest BCUT2D eigenvalue weighted by molar-refractivity contribution is 5.92. The Balaban J connectivity index is 1.54. The molecule has 1 amide bonds. The van der Waals surface area contributed by atoms with Gasteiger partial charge in [-0.2, -0.15) is 0 Å². The molecule has 0 unspecified atom stereocenters. The van der Waals surface area contributed by atoms with Gasteiger partial charge in [-0.15, -0.1) is 0 Å². The first-order chi connectivity index (χ1) is 13.2. The van der Waals surface area contributed by atoms with Crippen LogP contribution in [0.15, 0.2) is 47.6 Å². The number of pyridine rings is 1. The molecule has 0 aliphatic carbocycles.